The van der Waals surface area contributed by atoms with E-state index in [4.69, 9.17) is 4.74 Å². The average molecular weight is 354 g/mol. The molecule has 0 saturated carbocycles. The molecule has 0 unspecified atom stereocenters. The molecule has 0 radical (unpaired) electrons. The first-order chi connectivity index (χ1) is 12.7. The standard InChI is InChI=1S/C21H26N2O3/c1-2-3-4-5-6-7-16-26-21-14-8-18(9-15-21)17-22-19-10-12-20(13-11-19)23(24)25/h8-15,17H,2-7,16H2,1H3. The molecule has 138 valence electrons. The van der Waals surface area contributed by atoms with Crippen molar-refractivity contribution in [2.45, 2.75) is 45.4 Å². The van der Waals surface area contributed by atoms with Gasteiger partial charge in [0.1, 0.15) is 5.75 Å². The Hall–Kier alpha value is -2.69. The average Bonchev–Trinajstić information content (AvgIpc) is 2.67. The summed E-state index contributed by atoms with van der Waals surface area (Å²) in [6.45, 7) is 2.98. The molecule has 0 N–H and O–H groups in total. The van der Waals surface area contributed by atoms with E-state index in [2.05, 4.69) is 11.9 Å². The van der Waals surface area contributed by atoms with Crippen LogP contribution in [-0.4, -0.2) is 17.7 Å². The lowest BCUT2D eigenvalue weighted by atomic mass is 10.1. The van der Waals surface area contributed by atoms with Crippen LogP contribution in [0.1, 0.15) is 51.0 Å². The van der Waals surface area contributed by atoms with Crippen molar-refractivity contribution in [2.75, 3.05) is 6.61 Å². The largest absolute Gasteiger partial charge is 0.494 e. The van der Waals surface area contributed by atoms with Gasteiger partial charge in [-0.05, 0) is 48.4 Å². The van der Waals surface area contributed by atoms with Gasteiger partial charge in [-0.1, -0.05) is 39.0 Å². The zero-order valence-corrected chi connectivity index (χ0v) is 15.3. The third kappa shape index (κ3) is 7.05. The number of aliphatic imine (C=N–C) groups is 1. The Morgan fingerprint density at radius 2 is 1.62 bits per heavy atom. The quantitative estimate of drug-likeness (QED) is 0.212. The lowest BCUT2D eigenvalue weighted by Gasteiger charge is -2.06. The van der Waals surface area contributed by atoms with E-state index in [1.165, 1.54) is 44.2 Å². The van der Waals surface area contributed by atoms with E-state index in [0.717, 1.165) is 24.3 Å². The predicted octanol–water partition coefficient (Wildman–Crippen LogP) is 6.08. The van der Waals surface area contributed by atoms with Gasteiger partial charge in [0.15, 0.2) is 0 Å². The molecular weight excluding hydrogens is 328 g/mol. The first kappa shape index (κ1) is 19.6. The van der Waals surface area contributed by atoms with Crippen LogP contribution in [0.2, 0.25) is 0 Å². The molecule has 0 aliphatic carbocycles. The van der Waals surface area contributed by atoms with Crippen LogP contribution in [0.5, 0.6) is 5.75 Å². The topological polar surface area (TPSA) is 64.7 Å². The first-order valence-corrected chi connectivity index (χ1v) is 9.20. The molecule has 0 spiro atoms. The SMILES string of the molecule is CCCCCCCCOc1ccc(C=Nc2ccc([N+](=O)[O-])cc2)cc1. The molecule has 0 aromatic heterocycles. The number of hydrogen-bond acceptors (Lipinski definition) is 4. The summed E-state index contributed by atoms with van der Waals surface area (Å²) in [6.07, 6.45) is 9.25. The summed E-state index contributed by atoms with van der Waals surface area (Å²) in [5, 5.41) is 10.6. The van der Waals surface area contributed by atoms with E-state index in [0.29, 0.717) is 5.69 Å². The molecule has 2 rings (SSSR count). The van der Waals surface area contributed by atoms with Gasteiger partial charge in [0, 0.05) is 18.3 Å². The van der Waals surface area contributed by atoms with Crippen LogP contribution in [0.3, 0.4) is 0 Å². The van der Waals surface area contributed by atoms with Crippen LogP contribution in [0, 0.1) is 10.1 Å². The summed E-state index contributed by atoms with van der Waals surface area (Å²) in [5.74, 6) is 0.867. The van der Waals surface area contributed by atoms with Crippen molar-refractivity contribution >= 4 is 17.6 Å². The molecule has 5 heteroatoms. The van der Waals surface area contributed by atoms with Crippen molar-refractivity contribution in [3.05, 3.63) is 64.2 Å². The van der Waals surface area contributed by atoms with Crippen molar-refractivity contribution in [1.82, 2.24) is 0 Å². The Morgan fingerprint density at radius 1 is 0.962 bits per heavy atom. The highest BCUT2D eigenvalue weighted by atomic mass is 16.6. The zero-order valence-electron chi connectivity index (χ0n) is 15.3. The fourth-order valence-electron chi connectivity index (χ4n) is 2.53. The third-order valence-electron chi connectivity index (χ3n) is 4.07. The molecule has 26 heavy (non-hydrogen) atoms. The molecule has 0 atom stereocenters. The van der Waals surface area contributed by atoms with Gasteiger partial charge in [-0.3, -0.25) is 15.1 Å². The normalized spacial score (nSPS) is 11.0. The second-order valence-electron chi connectivity index (χ2n) is 6.22. The molecule has 2 aromatic carbocycles. The maximum absolute atomic E-state index is 10.6. The summed E-state index contributed by atoms with van der Waals surface area (Å²) in [6, 6.07) is 13.9. The Labute approximate surface area is 154 Å². The van der Waals surface area contributed by atoms with Gasteiger partial charge in [-0.2, -0.15) is 0 Å². The summed E-state index contributed by atoms with van der Waals surface area (Å²) in [7, 11) is 0. The van der Waals surface area contributed by atoms with Gasteiger partial charge < -0.3 is 4.74 Å². The predicted molar refractivity (Wildman–Crippen MR) is 106 cm³/mol. The van der Waals surface area contributed by atoms with Gasteiger partial charge >= 0.3 is 0 Å². The Morgan fingerprint density at radius 3 is 2.27 bits per heavy atom. The van der Waals surface area contributed by atoms with E-state index < -0.39 is 4.92 Å². The number of benzene rings is 2. The van der Waals surface area contributed by atoms with Crippen LogP contribution in [0.4, 0.5) is 11.4 Å². The molecule has 0 aliphatic rings. The minimum absolute atomic E-state index is 0.0656. The molecule has 2 aromatic rings. The minimum atomic E-state index is -0.419. The van der Waals surface area contributed by atoms with Crippen LogP contribution in [0.15, 0.2) is 53.5 Å². The summed E-state index contributed by atoms with van der Waals surface area (Å²) >= 11 is 0. The zero-order chi connectivity index (χ0) is 18.6. The Kier molecular flexibility index (Phi) is 8.33. The number of nitro benzene ring substituents is 1. The van der Waals surface area contributed by atoms with Gasteiger partial charge in [0.2, 0.25) is 0 Å². The van der Waals surface area contributed by atoms with Gasteiger partial charge in [-0.15, -0.1) is 0 Å². The van der Waals surface area contributed by atoms with E-state index in [1.54, 1.807) is 18.3 Å². The van der Waals surface area contributed by atoms with Gasteiger partial charge in [0.05, 0.1) is 17.2 Å². The molecule has 0 amide bonds. The third-order valence-corrected chi connectivity index (χ3v) is 4.07. The molecular formula is C21H26N2O3. The fraction of sp³-hybridized carbons (Fsp3) is 0.381. The number of nitrogens with zero attached hydrogens (tertiary/aromatic N) is 2. The van der Waals surface area contributed by atoms with Crippen LogP contribution < -0.4 is 4.74 Å². The summed E-state index contributed by atoms with van der Waals surface area (Å²) in [5.41, 5.74) is 1.70. The number of nitro groups is 1. The van der Waals surface area contributed by atoms with Gasteiger partial charge in [-0.25, -0.2) is 0 Å². The van der Waals surface area contributed by atoms with Crippen molar-refractivity contribution < 1.29 is 9.66 Å². The van der Waals surface area contributed by atoms with Crippen LogP contribution >= 0.6 is 0 Å². The molecule has 0 aliphatic heterocycles. The molecule has 0 saturated heterocycles. The van der Waals surface area contributed by atoms with Crippen molar-refractivity contribution in [3.63, 3.8) is 0 Å². The molecule has 0 heterocycles. The maximum Gasteiger partial charge on any atom is 0.269 e. The highest BCUT2D eigenvalue weighted by Crippen LogP contribution is 2.18. The number of hydrogen-bond donors (Lipinski definition) is 0. The summed E-state index contributed by atoms with van der Waals surface area (Å²) in [4.78, 5) is 14.5. The Bertz CT molecular complexity index is 694. The second-order valence-corrected chi connectivity index (χ2v) is 6.22. The summed E-state index contributed by atoms with van der Waals surface area (Å²) < 4.78 is 5.76. The number of unbranched alkanes of at least 4 members (excludes halogenated alkanes) is 5. The minimum Gasteiger partial charge on any atom is -0.494 e. The van der Waals surface area contributed by atoms with Crippen LogP contribution in [0.25, 0.3) is 0 Å². The number of rotatable bonds is 11. The van der Waals surface area contributed by atoms with E-state index in [1.807, 2.05) is 24.3 Å². The van der Waals surface area contributed by atoms with Crippen molar-refractivity contribution in [1.29, 1.82) is 0 Å². The number of non-ortho nitro benzene ring substituents is 1. The Balaban J connectivity index is 1.75. The maximum atomic E-state index is 10.6. The monoisotopic (exact) mass is 354 g/mol. The van der Waals surface area contributed by atoms with E-state index >= 15 is 0 Å². The second kappa shape index (κ2) is 11.0. The van der Waals surface area contributed by atoms with E-state index in [-0.39, 0.29) is 5.69 Å². The van der Waals surface area contributed by atoms with Crippen LogP contribution in [-0.2, 0) is 0 Å². The fourth-order valence-corrected chi connectivity index (χ4v) is 2.53. The lowest BCUT2D eigenvalue weighted by molar-refractivity contribution is -0.384. The van der Waals surface area contributed by atoms with Gasteiger partial charge in [0.25, 0.3) is 5.69 Å². The highest BCUT2D eigenvalue weighted by molar-refractivity contribution is 5.82. The molecule has 0 bridgehead atoms. The van der Waals surface area contributed by atoms with Crippen molar-refractivity contribution in [2.24, 2.45) is 4.99 Å². The first-order valence-electron chi connectivity index (χ1n) is 9.20. The molecule has 5 nitrogen and oxygen atoms in total. The number of ether oxygens (including phenoxy) is 1. The van der Waals surface area contributed by atoms with E-state index in [9.17, 15) is 10.1 Å². The smallest absolute Gasteiger partial charge is 0.269 e. The molecule has 0 fully saturated rings. The lowest BCUT2D eigenvalue weighted by Crippen LogP contribution is -1.97. The highest BCUT2D eigenvalue weighted by Gasteiger charge is 2.02. The van der Waals surface area contributed by atoms with Crippen molar-refractivity contribution in [3.8, 4) is 5.75 Å².